The molecule has 4 aromatic rings. The van der Waals surface area contributed by atoms with Crippen LogP contribution in [0.4, 0.5) is 0 Å². The minimum Gasteiger partial charge on any atom is -0.361 e. The van der Waals surface area contributed by atoms with Crippen molar-refractivity contribution in [2.45, 2.75) is 132 Å². The molecule has 0 spiro atoms. The first kappa shape index (κ1) is 48.3. The number of aromatic amines is 1. The van der Waals surface area contributed by atoms with E-state index < -0.39 is 0 Å². The fourth-order valence-corrected chi connectivity index (χ4v) is 9.53. The molecule has 3 N–H and O–H groups in total. The summed E-state index contributed by atoms with van der Waals surface area (Å²) in [6, 6.07) is 32.8. The highest BCUT2D eigenvalue weighted by Gasteiger charge is 2.40. The predicted octanol–water partition coefficient (Wildman–Crippen LogP) is 11.4. The van der Waals surface area contributed by atoms with E-state index in [0.29, 0.717) is 6.04 Å². The van der Waals surface area contributed by atoms with Crippen LogP contribution in [-0.2, 0) is 17.6 Å². The average molecular weight is 822 g/mol. The monoisotopic (exact) mass is 819 g/mol. The molecule has 5 nitrogen and oxygen atoms in total. The Morgan fingerprint density at radius 1 is 0.537 bits per heavy atom. The summed E-state index contributed by atoms with van der Waals surface area (Å²) >= 11 is 0. The Morgan fingerprint density at radius 2 is 0.963 bits per heavy atom. The van der Waals surface area contributed by atoms with E-state index >= 15 is 0 Å². The normalized spacial score (nSPS) is 24.7. The van der Waals surface area contributed by atoms with Gasteiger partial charge in [0, 0.05) is 52.8 Å². The first-order chi connectivity index (χ1) is 24.4. The molecule has 0 saturated heterocycles. The smallest absolute Gasteiger partial charge is 0.0457 e. The molecule has 3 fully saturated rings. The third-order valence-corrected chi connectivity index (χ3v) is 12.8. The van der Waals surface area contributed by atoms with Gasteiger partial charge in [0.05, 0.1) is 0 Å². The third-order valence-electron chi connectivity index (χ3n) is 12.8. The van der Waals surface area contributed by atoms with Crippen molar-refractivity contribution in [2.24, 2.45) is 0 Å². The van der Waals surface area contributed by atoms with E-state index in [-0.39, 0.29) is 60.7 Å². The van der Waals surface area contributed by atoms with Crippen molar-refractivity contribution < 1.29 is 0 Å². The van der Waals surface area contributed by atoms with Gasteiger partial charge in [-0.2, -0.15) is 0 Å². The number of hydrogen-bond acceptors (Lipinski definition) is 4. The summed E-state index contributed by atoms with van der Waals surface area (Å²) in [6.45, 7) is 0.939. The first-order valence-electron chi connectivity index (χ1n) is 19.9. The molecule has 0 amide bonds. The first-order valence-corrected chi connectivity index (χ1v) is 19.9. The summed E-state index contributed by atoms with van der Waals surface area (Å²) in [7, 11) is 8.98. The number of H-pyrrole nitrogens is 1. The van der Waals surface area contributed by atoms with Crippen LogP contribution in [0.5, 0.6) is 0 Å². The van der Waals surface area contributed by atoms with Gasteiger partial charge in [0.25, 0.3) is 0 Å². The van der Waals surface area contributed by atoms with Crippen LogP contribution in [-0.4, -0.2) is 61.1 Å². The van der Waals surface area contributed by atoms with Crippen LogP contribution in [0, 0.1) is 0 Å². The molecular formula is C45H69Cl4N5. The van der Waals surface area contributed by atoms with Gasteiger partial charge in [-0.25, -0.2) is 0 Å². The maximum atomic E-state index is 4.04. The van der Waals surface area contributed by atoms with E-state index in [1.807, 2.05) is 0 Å². The van der Waals surface area contributed by atoms with Crippen LogP contribution in [0.1, 0.15) is 113 Å². The molecule has 302 valence electrons. The summed E-state index contributed by atoms with van der Waals surface area (Å²) in [5.41, 5.74) is 5.97. The Kier molecular flexibility index (Phi) is 21.0. The van der Waals surface area contributed by atoms with Gasteiger partial charge >= 0.3 is 0 Å². The molecule has 0 unspecified atom stereocenters. The molecule has 3 saturated carbocycles. The minimum absolute atomic E-state index is 0. The van der Waals surface area contributed by atoms with Gasteiger partial charge in [-0.1, -0.05) is 111 Å². The predicted molar refractivity (Wildman–Crippen MR) is 241 cm³/mol. The lowest BCUT2D eigenvalue weighted by atomic mass is 9.74. The van der Waals surface area contributed by atoms with Gasteiger partial charge in [0.2, 0.25) is 0 Å². The quantitative estimate of drug-likeness (QED) is 0.157. The van der Waals surface area contributed by atoms with Crippen LogP contribution < -0.4 is 10.6 Å². The molecule has 3 aliphatic carbocycles. The SMILES string of the molecule is CN(C)C1(c2ccccc2)CCC(NC2CCCCCCC2)CC1.CN(C)C1(c2ccccc2)CCC(NCc2c[nH]c3ccccc23)CC1.Cl.Cl.Cl.Cl. The highest BCUT2D eigenvalue weighted by Crippen LogP contribution is 2.42. The van der Waals surface area contributed by atoms with E-state index in [4.69, 9.17) is 0 Å². The zero-order chi connectivity index (χ0) is 34.8. The van der Waals surface area contributed by atoms with Crippen LogP contribution >= 0.6 is 49.6 Å². The minimum atomic E-state index is 0. The zero-order valence-electron chi connectivity index (χ0n) is 33.2. The average Bonchev–Trinajstić information content (AvgIpc) is 3.56. The van der Waals surface area contributed by atoms with Gasteiger partial charge in [0.15, 0.2) is 0 Å². The number of hydrogen-bond donors (Lipinski definition) is 3. The third kappa shape index (κ3) is 11.9. The second-order valence-electron chi connectivity index (χ2n) is 16.1. The van der Waals surface area contributed by atoms with E-state index in [1.54, 1.807) is 0 Å². The summed E-state index contributed by atoms with van der Waals surface area (Å²) < 4.78 is 0. The lowest BCUT2D eigenvalue weighted by Gasteiger charge is -2.46. The number of aromatic nitrogens is 1. The summed E-state index contributed by atoms with van der Waals surface area (Å²) in [4.78, 5) is 8.27. The molecule has 0 atom stereocenters. The zero-order valence-corrected chi connectivity index (χ0v) is 36.5. The van der Waals surface area contributed by atoms with Crippen molar-refractivity contribution in [2.75, 3.05) is 28.2 Å². The molecule has 0 bridgehead atoms. The number of halogens is 4. The van der Waals surface area contributed by atoms with Crippen molar-refractivity contribution >= 4 is 60.5 Å². The molecule has 1 heterocycles. The Balaban J connectivity index is 0.000000349. The Morgan fingerprint density at radius 3 is 1.46 bits per heavy atom. The largest absolute Gasteiger partial charge is 0.361 e. The van der Waals surface area contributed by atoms with Gasteiger partial charge in [-0.3, -0.25) is 9.80 Å². The van der Waals surface area contributed by atoms with Crippen molar-refractivity contribution in [3.05, 3.63) is 108 Å². The molecular weight excluding hydrogens is 752 g/mol. The summed E-state index contributed by atoms with van der Waals surface area (Å²) in [5, 5.41) is 9.18. The van der Waals surface area contributed by atoms with Crippen LogP contribution in [0.3, 0.4) is 0 Å². The summed E-state index contributed by atoms with van der Waals surface area (Å²) in [6.07, 6.45) is 22.1. The van der Waals surface area contributed by atoms with Crippen molar-refractivity contribution in [1.29, 1.82) is 0 Å². The molecule has 0 aliphatic heterocycles. The lowest BCUT2D eigenvalue weighted by Crippen LogP contribution is -2.49. The molecule has 3 aromatic carbocycles. The second-order valence-corrected chi connectivity index (χ2v) is 16.1. The number of fused-ring (bicyclic) bond motifs is 1. The molecule has 9 heteroatoms. The van der Waals surface area contributed by atoms with E-state index in [9.17, 15) is 0 Å². The van der Waals surface area contributed by atoms with Crippen molar-refractivity contribution in [3.8, 4) is 0 Å². The number of benzene rings is 3. The highest BCUT2D eigenvalue weighted by molar-refractivity contribution is 5.86. The van der Waals surface area contributed by atoms with E-state index in [1.165, 1.54) is 124 Å². The number of nitrogens with one attached hydrogen (secondary N) is 3. The maximum absolute atomic E-state index is 4.04. The van der Waals surface area contributed by atoms with Gasteiger partial charge < -0.3 is 15.6 Å². The Labute approximate surface area is 352 Å². The molecule has 1 aromatic heterocycles. The molecule has 3 aliphatic rings. The second kappa shape index (κ2) is 23.4. The number of nitrogens with zero attached hydrogens (tertiary/aromatic N) is 2. The van der Waals surface area contributed by atoms with Gasteiger partial charge in [-0.05, 0) is 115 Å². The fourth-order valence-electron chi connectivity index (χ4n) is 9.53. The Bertz CT molecular complexity index is 1560. The molecule has 54 heavy (non-hydrogen) atoms. The van der Waals surface area contributed by atoms with Crippen LogP contribution in [0.25, 0.3) is 10.9 Å². The lowest BCUT2D eigenvalue weighted by molar-refractivity contribution is 0.0823. The van der Waals surface area contributed by atoms with Crippen LogP contribution in [0.2, 0.25) is 0 Å². The van der Waals surface area contributed by atoms with E-state index in [2.05, 4.69) is 145 Å². The van der Waals surface area contributed by atoms with E-state index in [0.717, 1.165) is 18.6 Å². The topological polar surface area (TPSA) is 46.3 Å². The van der Waals surface area contributed by atoms with Gasteiger partial charge in [0.1, 0.15) is 0 Å². The highest BCUT2D eigenvalue weighted by atomic mass is 35.5. The number of rotatable bonds is 9. The molecule has 7 rings (SSSR count). The van der Waals surface area contributed by atoms with Crippen LogP contribution in [0.15, 0.2) is 91.1 Å². The maximum Gasteiger partial charge on any atom is 0.0457 e. The summed E-state index contributed by atoms with van der Waals surface area (Å²) in [5.74, 6) is 0. The fraction of sp³-hybridized carbons (Fsp3) is 0.556. The van der Waals surface area contributed by atoms with Gasteiger partial charge in [-0.15, -0.1) is 49.6 Å². The standard InChI is InChI=1S/C23H29N3.C22H36N2.4ClH/c1-26(2)23(19-8-4-3-5-9-19)14-12-20(13-15-23)24-16-18-17-25-22-11-7-6-10-21(18)22;1-24(2)22(19-11-7-6-8-12-19)17-15-21(16-18-22)23-20-13-9-4-3-5-10-14-20;;;;/h3-11,17,20,24-25H,12-16H2,1-2H3;6-8,11-12,20-21,23H,3-5,9-10,13-18H2,1-2H3;4*1H. The Hall–Kier alpha value is -1.80. The van der Waals surface area contributed by atoms with Crippen molar-refractivity contribution in [3.63, 3.8) is 0 Å². The molecule has 0 radical (unpaired) electrons. The van der Waals surface area contributed by atoms with Crippen molar-refractivity contribution in [1.82, 2.24) is 25.4 Å². The number of para-hydroxylation sites is 1.